The number of ether oxygens (including phenoxy) is 1. The number of nitrogens with zero attached hydrogens (tertiary/aromatic N) is 3. The van der Waals surface area contributed by atoms with E-state index in [-0.39, 0.29) is 0 Å². The van der Waals surface area contributed by atoms with Gasteiger partial charge >= 0.3 is 0 Å². The molecule has 0 aliphatic heterocycles. The standard InChI is InChI=1S/C14H20N4O/c1-17(2)9-10-5-6-13(19-4)11(7-10)12-8-14(15)18(3)16-12/h5-8H,9,15H2,1-4H3. The third kappa shape index (κ3) is 2.88. The molecule has 0 spiro atoms. The quantitative estimate of drug-likeness (QED) is 0.909. The summed E-state index contributed by atoms with van der Waals surface area (Å²) in [5.74, 6) is 1.44. The summed E-state index contributed by atoms with van der Waals surface area (Å²) in [5, 5.41) is 4.41. The van der Waals surface area contributed by atoms with Crippen LogP contribution in [0.3, 0.4) is 0 Å². The van der Waals surface area contributed by atoms with Crippen LogP contribution in [-0.4, -0.2) is 35.9 Å². The van der Waals surface area contributed by atoms with Gasteiger partial charge in [0, 0.05) is 25.2 Å². The van der Waals surface area contributed by atoms with Gasteiger partial charge in [0.25, 0.3) is 0 Å². The van der Waals surface area contributed by atoms with E-state index >= 15 is 0 Å². The Balaban J connectivity index is 2.46. The molecular formula is C14H20N4O. The largest absolute Gasteiger partial charge is 0.496 e. The van der Waals surface area contributed by atoms with Gasteiger partial charge in [-0.25, -0.2) is 0 Å². The Morgan fingerprint density at radius 2 is 2.05 bits per heavy atom. The molecule has 5 nitrogen and oxygen atoms in total. The van der Waals surface area contributed by atoms with E-state index in [1.54, 1.807) is 11.8 Å². The highest BCUT2D eigenvalue weighted by atomic mass is 16.5. The lowest BCUT2D eigenvalue weighted by Crippen LogP contribution is -2.10. The summed E-state index contributed by atoms with van der Waals surface area (Å²) in [4.78, 5) is 2.12. The Bertz CT molecular complexity index is 555. The fourth-order valence-corrected chi connectivity index (χ4v) is 2.03. The van der Waals surface area contributed by atoms with E-state index in [0.717, 1.165) is 23.6 Å². The predicted octanol–water partition coefficient (Wildman–Crippen LogP) is 1.74. The maximum atomic E-state index is 5.84. The smallest absolute Gasteiger partial charge is 0.128 e. The summed E-state index contributed by atoms with van der Waals surface area (Å²) >= 11 is 0. The van der Waals surface area contributed by atoms with Crippen molar-refractivity contribution in [2.45, 2.75) is 6.54 Å². The molecule has 2 N–H and O–H groups in total. The first-order valence-corrected chi connectivity index (χ1v) is 6.13. The van der Waals surface area contributed by atoms with Gasteiger partial charge in [-0.15, -0.1) is 0 Å². The molecule has 0 fully saturated rings. The van der Waals surface area contributed by atoms with Gasteiger partial charge in [-0.2, -0.15) is 5.10 Å². The molecule has 1 aromatic heterocycles. The first kappa shape index (κ1) is 13.4. The van der Waals surface area contributed by atoms with Gasteiger partial charge in [-0.3, -0.25) is 4.68 Å². The number of methoxy groups -OCH3 is 1. The van der Waals surface area contributed by atoms with E-state index in [2.05, 4.69) is 22.1 Å². The zero-order valence-electron chi connectivity index (χ0n) is 11.8. The highest BCUT2D eigenvalue weighted by Crippen LogP contribution is 2.31. The molecule has 0 saturated heterocycles. The second-order valence-electron chi connectivity index (χ2n) is 4.85. The second-order valence-corrected chi connectivity index (χ2v) is 4.85. The summed E-state index contributed by atoms with van der Waals surface area (Å²) in [5.41, 5.74) is 8.85. The van der Waals surface area contributed by atoms with Crippen LogP contribution in [0.4, 0.5) is 5.82 Å². The third-order valence-electron chi connectivity index (χ3n) is 2.95. The molecule has 0 saturated carbocycles. The molecule has 0 amide bonds. The van der Waals surface area contributed by atoms with Crippen molar-refractivity contribution < 1.29 is 4.74 Å². The van der Waals surface area contributed by atoms with Gasteiger partial charge in [0.05, 0.1) is 12.8 Å². The minimum absolute atomic E-state index is 0.634. The fourth-order valence-electron chi connectivity index (χ4n) is 2.03. The van der Waals surface area contributed by atoms with Crippen molar-refractivity contribution in [2.24, 2.45) is 7.05 Å². The Morgan fingerprint density at radius 1 is 1.32 bits per heavy atom. The van der Waals surface area contributed by atoms with Gasteiger partial charge in [0.2, 0.25) is 0 Å². The number of aromatic nitrogens is 2. The molecule has 0 bridgehead atoms. The number of aryl methyl sites for hydroxylation is 1. The maximum Gasteiger partial charge on any atom is 0.128 e. The Labute approximate surface area is 113 Å². The number of hydrogen-bond acceptors (Lipinski definition) is 4. The van der Waals surface area contributed by atoms with Crippen molar-refractivity contribution in [1.82, 2.24) is 14.7 Å². The van der Waals surface area contributed by atoms with E-state index in [9.17, 15) is 0 Å². The van der Waals surface area contributed by atoms with Crippen LogP contribution in [0.15, 0.2) is 24.3 Å². The lowest BCUT2D eigenvalue weighted by atomic mass is 10.1. The molecule has 1 aromatic carbocycles. The van der Waals surface area contributed by atoms with Crippen LogP contribution >= 0.6 is 0 Å². The predicted molar refractivity (Wildman–Crippen MR) is 77.0 cm³/mol. The lowest BCUT2D eigenvalue weighted by Gasteiger charge is -2.12. The molecule has 2 rings (SSSR count). The molecule has 0 aliphatic rings. The minimum atomic E-state index is 0.634. The molecule has 5 heteroatoms. The topological polar surface area (TPSA) is 56.3 Å². The number of nitrogen functional groups attached to an aromatic ring is 1. The zero-order chi connectivity index (χ0) is 14.0. The van der Waals surface area contributed by atoms with Crippen LogP contribution in [0.5, 0.6) is 5.75 Å². The van der Waals surface area contributed by atoms with Gasteiger partial charge in [-0.1, -0.05) is 6.07 Å². The van der Waals surface area contributed by atoms with Crippen LogP contribution in [0, 0.1) is 0 Å². The van der Waals surface area contributed by atoms with Crippen molar-refractivity contribution in [3.8, 4) is 17.0 Å². The Kier molecular flexibility index (Phi) is 3.76. The van der Waals surface area contributed by atoms with E-state index in [4.69, 9.17) is 10.5 Å². The number of benzene rings is 1. The van der Waals surface area contributed by atoms with Crippen LogP contribution in [0.25, 0.3) is 11.3 Å². The van der Waals surface area contributed by atoms with Gasteiger partial charge < -0.3 is 15.4 Å². The number of nitrogens with two attached hydrogens (primary N) is 1. The second kappa shape index (κ2) is 5.32. The number of rotatable bonds is 4. The van der Waals surface area contributed by atoms with Crippen molar-refractivity contribution >= 4 is 5.82 Å². The summed E-state index contributed by atoms with van der Waals surface area (Å²) < 4.78 is 7.07. The van der Waals surface area contributed by atoms with Crippen molar-refractivity contribution in [3.63, 3.8) is 0 Å². The van der Waals surface area contributed by atoms with Crippen molar-refractivity contribution in [1.29, 1.82) is 0 Å². The van der Waals surface area contributed by atoms with Crippen molar-refractivity contribution in [2.75, 3.05) is 26.9 Å². The molecular weight excluding hydrogens is 240 g/mol. The summed E-state index contributed by atoms with van der Waals surface area (Å²) in [6.45, 7) is 0.874. The van der Waals surface area contributed by atoms with E-state index in [0.29, 0.717) is 5.82 Å². The summed E-state index contributed by atoms with van der Waals surface area (Å²) in [6.07, 6.45) is 0. The van der Waals surface area contributed by atoms with Gasteiger partial charge in [0.1, 0.15) is 11.6 Å². The average Bonchev–Trinajstić information content (AvgIpc) is 2.69. The van der Waals surface area contributed by atoms with E-state index < -0.39 is 0 Å². The van der Waals surface area contributed by atoms with Gasteiger partial charge in [0.15, 0.2) is 0 Å². The normalized spacial score (nSPS) is 11.0. The fraction of sp³-hybridized carbons (Fsp3) is 0.357. The molecule has 0 aliphatic carbocycles. The lowest BCUT2D eigenvalue weighted by molar-refractivity contribution is 0.400. The van der Waals surface area contributed by atoms with E-state index in [1.807, 2.05) is 33.3 Å². The molecule has 2 aromatic rings. The Hall–Kier alpha value is -2.01. The first-order chi connectivity index (χ1) is 9.01. The molecule has 0 atom stereocenters. The number of anilines is 1. The summed E-state index contributed by atoms with van der Waals surface area (Å²) in [7, 11) is 7.58. The van der Waals surface area contributed by atoms with Crippen LogP contribution in [0.1, 0.15) is 5.56 Å². The highest BCUT2D eigenvalue weighted by molar-refractivity contribution is 5.70. The molecule has 0 unspecified atom stereocenters. The van der Waals surface area contributed by atoms with Crippen LogP contribution < -0.4 is 10.5 Å². The van der Waals surface area contributed by atoms with Crippen LogP contribution in [0.2, 0.25) is 0 Å². The van der Waals surface area contributed by atoms with Crippen LogP contribution in [-0.2, 0) is 13.6 Å². The molecule has 19 heavy (non-hydrogen) atoms. The van der Waals surface area contributed by atoms with Crippen molar-refractivity contribution in [3.05, 3.63) is 29.8 Å². The molecule has 102 valence electrons. The van der Waals surface area contributed by atoms with E-state index in [1.165, 1.54) is 5.56 Å². The number of hydrogen-bond donors (Lipinski definition) is 1. The SMILES string of the molecule is COc1ccc(CN(C)C)cc1-c1cc(N)n(C)n1. The minimum Gasteiger partial charge on any atom is -0.496 e. The zero-order valence-corrected chi connectivity index (χ0v) is 11.8. The maximum absolute atomic E-state index is 5.84. The summed E-state index contributed by atoms with van der Waals surface area (Å²) in [6, 6.07) is 7.99. The first-order valence-electron chi connectivity index (χ1n) is 6.13. The van der Waals surface area contributed by atoms with Gasteiger partial charge in [-0.05, 0) is 31.8 Å². The Morgan fingerprint density at radius 3 is 2.58 bits per heavy atom. The highest BCUT2D eigenvalue weighted by Gasteiger charge is 2.11. The molecule has 0 radical (unpaired) electrons. The molecule has 1 heterocycles. The monoisotopic (exact) mass is 260 g/mol. The average molecular weight is 260 g/mol. The third-order valence-corrected chi connectivity index (χ3v) is 2.95.